The average molecular weight is 403 g/mol. The van der Waals surface area contributed by atoms with Crippen molar-refractivity contribution in [3.8, 4) is 0 Å². The van der Waals surface area contributed by atoms with E-state index in [1.807, 2.05) is 0 Å². The van der Waals surface area contributed by atoms with Gasteiger partial charge in [0.2, 0.25) is 8.77 Å². The van der Waals surface area contributed by atoms with Gasteiger partial charge in [-0.25, -0.2) is 0 Å². The Kier molecular flexibility index (Phi) is 12.6. The second-order valence-corrected chi connectivity index (χ2v) is 8.40. The molecule has 0 saturated heterocycles. The Hall–Kier alpha value is -0.300. The molecule has 0 spiro atoms. The molecular formula is C18H26O2S4. The zero-order chi connectivity index (χ0) is 17.6. The first-order chi connectivity index (χ1) is 11.7. The van der Waals surface area contributed by atoms with Gasteiger partial charge < -0.3 is 9.47 Å². The molecule has 0 N–H and O–H groups in total. The van der Waals surface area contributed by atoms with Crippen LogP contribution in [0.1, 0.15) is 50.7 Å². The summed E-state index contributed by atoms with van der Waals surface area (Å²) in [6.07, 6.45) is 4.33. The SMILES string of the molecule is CCCCOC(=S)SCc1ccccc1CSC(=S)OCCCC. The lowest BCUT2D eigenvalue weighted by atomic mass is 10.1. The number of hydrogen-bond donors (Lipinski definition) is 0. The molecule has 0 bridgehead atoms. The molecule has 0 aromatic heterocycles. The second kappa shape index (κ2) is 13.9. The first-order valence-corrected chi connectivity index (χ1v) is 11.1. The van der Waals surface area contributed by atoms with Crippen LogP contribution in [0.3, 0.4) is 0 Å². The number of hydrogen-bond acceptors (Lipinski definition) is 6. The Morgan fingerprint density at radius 1 is 0.833 bits per heavy atom. The molecule has 2 nitrogen and oxygen atoms in total. The fourth-order valence-electron chi connectivity index (χ4n) is 1.80. The Balaban J connectivity index is 2.41. The molecule has 1 aromatic carbocycles. The summed E-state index contributed by atoms with van der Waals surface area (Å²) >= 11 is 13.7. The fraction of sp³-hybridized carbons (Fsp3) is 0.556. The van der Waals surface area contributed by atoms with Gasteiger partial charge >= 0.3 is 0 Å². The maximum atomic E-state index is 5.55. The van der Waals surface area contributed by atoms with Gasteiger partial charge in [0.1, 0.15) is 0 Å². The van der Waals surface area contributed by atoms with E-state index in [0.29, 0.717) is 22.0 Å². The van der Waals surface area contributed by atoms with Crippen molar-refractivity contribution < 1.29 is 9.47 Å². The van der Waals surface area contributed by atoms with Crippen molar-refractivity contribution in [2.24, 2.45) is 0 Å². The van der Waals surface area contributed by atoms with Crippen LogP contribution < -0.4 is 0 Å². The summed E-state index contributed by atoms with van der Waals surface area (Å²) in [5.41, 5.74) is 2.54. The van der Waals surface area contributed by atoms with Crippen molar-refractivity contribution in [3.63, 3.8) is 0 Å². The summed E-state index contributed by atoms with van der Waals surface area (Å²) in [6, 6.07) is 8.39. The molecule has 0 atom stereocenters. The van der Waals surface area contributed by atoms with Gasteiger partial charge in [-0.3, -0.25) is 0 Å². The standard InChI is InChI=1S/C18H26O2S4/c1-3-5-11-19-17(21)23-13-15-9-7-8-10-16(15)14-24-18(22)20-12-6-4-2/h7-10H,3-6,11-14H2,1-2H3. The van der Waals surface area contributed by atoms with E-state index in [1.165, 1.54) is 11.1 Å². The highest BCUT2D eigenvalue weighted by atomic mass is 32.2. The summed E-state index contributed by atoms with van der Waals surface area (Å²) in [5, 5.41) is 0. The summed E-state index contributed by atoms with van der Waals surface area (Å²) in [6.45, 7) is 5.71. The van der Waals surface area contributed by atoms with E-state index < -0.39 is 0 Å². The van der Waals surface area contributed by atoms with Gasteiger partial charge in [0.05, 0.1) is 13.2 Å². The van der Waals surface area contributed by atoms with E-state index in [2.05, 4.69) is 38.1 Å². The minimum Gasteiger partial charge on any atom is -0.479 e. The second-order valence-electron chi connectivity index (χ2n) is 5.25. The predicted molar refractivity (Wildman–Crippen MR) is 116 cm³/mol. The smallest absolute Gasteiger partial charge is 0.220 e. The van der Waals surface area contributed by atoms with Crippen LogP contribution >= 0.6 is 48.0 Å². The van der Waals surface area contributed by atoms with Crippen LogP contribution in [0.25, 0.3) is 0 Å². The van der Waals surface area contributed by atoms with Crippen molar-refractivity contribution >= 4 is 56.7 Å². The normalized spacial score (nSPS) is 10.4. The molecule has 0 aliphatic rings. The van der Waals surface area contributed by atoms with Crippen LogP contribution in [0, 0.1) is 0 Å². The number of thioether (sulfide) groups is 2. The molecule has 0 aliphatic carbocycles. The molecule has 6 heteroatoms. The Bertz CT molecular complexity index is 461. The Morgan fingerprint density at radius 2 is 1.25 bits per heavy atom. The molecule has 0 saturated carbocycles. The van der Waals surface area contributed by atoms with Crippen LogP contribution in [0.2, 0.25) is 0 Å². The molecule has 1 aromatic rings. The molecule has 0 unspecified atom stereocenters. The van der Waals surface area contributed by atoms with Crippen LogP contribution in [0.5, 0.6) is 0 Å². The van der Waals surface area contributed by atoms with Crippen LogP contribution in [0.15, 0.2) is 24.3 Å². The summed E-state index contributed by atoms with van der Waals surface area (Å²) in [7, 11) is 0. The third-order valence-electron chi connectivity index (χ3n) is 3.25. The average Bonchev–Trinajstić information content (AvgIpc) is 2.59. The molecule has 0 radical (unpaired) electrons. The van der Waals surface area contributed by atoms with E-state index in [4.69, 9.17) is 33.9 Å². The van der Waals surface area contributed by atoms with Crippen LogP contribution in [0.4, 0.5) is 0 Å². The predicted octanol–water partition coefficient (Wildman–Crippen LogP) is 6.36. The van der Waals surface area contributed by atoms with Gasteiger partial charge in [-0.1, -0.05) is 74.5 Å². The molecule has 0 amide bonds. The lowest BCUT2D eigenvalue weighted by Gasteiger charge is -2.11. The molecule has 134 valence electrons. The number of ether oxygens (including phenoxy) is 2. The maximum Gasteiger partial charge on any atom is 0.220 e. The highest BCUT2D eigenvalue weighted by Gasteiger charge is 2.07. The van der Waals surface area contributed by atoms with Crippen molar-refractivity contribution in [3.05, 3.63) is 35.4 Å². The molecule has 0 aliphatic heterocycles. The Labute approximate surface area is 165 Å². The number of thiocarbonyl (C=S) groups is 2. The topological polar surface area (TPSA) is 18.5 Å². The van der Waals surface area contributed by atoms with E-state index in [0.717, 1.165) is 37.2 Å². The van der Waals surface area contributed by atoms with Crippen molar-refractivity contribution in [1.82, 2.24) is 0 Å². The monoisotopic (exact) mass is 402 g/mol. The first kappa shape index (κ1) is 21.7. The van der Waals surface area contributed by atoms with E-state index in [9.17, 15) is 0 Å². The molecule has 0 fully saturated rings. The lowest BCUT2D eigenvalue weighted by molar-refractivity contribution is 0.313. The van der Waals surface area contributed by atoms with Crippen LogP contribution in [-0.2, 0) is 21.0 Å². The zero-order valence-electron chi connectivity index (χ0n) is 14.4. The maximum absolute atomic E-state index is 5.55. The van der Waals surface area contributed by atoms with Gasteiger partial charge in [-0.2, -0.15) is 0 Å². The highest BCUT2D eigenvalue weighted by molar-refractivity contribution is 8.22. The first-order valence-electron chi connectivity index (χ1n) is 8.33. The minimum atomic E-state index is 0.629. The van der Waals surface area contributed by atoms with E-state index in [-0.39, 0.29) is 0 Å². The Morgan fingerprint density at radius 3 is 1.62 bits per heavy atom. The van der Waals surface area contributed by atoms with Gasteiger partial charge in [0, 0.05) is 11.5 Å². The van der Waals surface area contributed by atoms with Gasteiger partial charge in [0.15, 0.2) is 0 Å². The van der Waals surface area contributed by atoms with Crippen LogP contribution in [-0.4, -0.2) is 22.0 Å². The van der Waals surface area contributed by atoms with Crippen molar-refractivity contribution in [1.29, 1.82) is 0 Å². The molecular weight excluding hydrogens is 376 g/mol. The van der Waals surface area contributed by atoms with Gasteiger partial charge in [0.25, 0.3) is 0 Å². The van der Waals surface area contributed by atoms with Crippen molar-refractivity contribution in [2.45, 2.75) is 51.0 Å². The van der Waals surface area contributed by atoms with E-state index >= 15 is 0 Å². The third kappa shape index (κ3) is 9.87. The van der Waals surface area contributed by atoms with Gasteiger partial charge in [-0.05, 0) is 48.4 Å². The highest BCUT2D eigenvalue weighted by Crippen LogP contribution is 2.23. The summed E-state index contributed by atoms with van der Waals surface area (Å²) in [5.74, 6) is 1.65. The number of unbranched alkanes of at least 4 members (excludes halogenated alkanes) is 2. The van der Waals surface area contributed by atoms with E-state index in [1.54, 1.807) is 23.5 Å². The van der Waals surface area contributed by atoms with Gasteiger partial charge in [-0.15, -0.1) is 0 Å². The van der Waals surface area contributed by atoms with Crippen molar-refractivity contribution in [2.75, 3.05) is 13.2 Å². The fourth-order valence-corrected chi connectivity index (χ4v) is 3.76. The minimum absolute atomic E-state index is 0.629. The third-order valence-corrected chi connectivity index (χ3v) is 5.81. The largest absolute Gasteiger partial charge is 0.479 e. The summed E-state index contributed by atoms with van der Waals surface area (Å²) < 4.78 is 12.3. The molecule has 1 rings (SSSR count). The number of rotatable bonds is 10. The quantitative estimate of drug-likeness (QED) is 0.332. The molecule has 24 heavy (non-hydrogen) atoms. The molecule has 0 heterocycles. The number of benzene rings is 1. The lowest BCUT2D eigenvalue weighted by Crippen LogP contribution is -2.02. The summed E-state index contributed by atoms with van der Waals surface area (Å²) in [4.78, 5) is 0. The zero-order valence-corrected chi connectivity index (χ0v) is 17.7.